The molecule has 0 radical (unpaired) electrons. The van der Waals surface area contributed by atoms with E-state index in [-0.39, 0.29) is 5.91 Å². The Kier molecular flexibility index (Phi) is 6.00. The van der Waals surface area contributed by atoms with Gasteiger partial charge < -0.3 is 15.2 Å². The van der Waals surface area contributed by atoms with Gasteiger partial charge in [-0.1, -0.05) is 61.2 Å². The molecule has 0 spiro atoms. The van der Waals surface area contributed by atoms with Crippen molar-refractivity contribution in [2.75, 3.05) is 20.1 Å². The third kappa shape index (κ3) is 4.54. The summed E-state index contributed by atoms with van der Waals surface area (Å²) in [6.45, 7) is 3.66. The number of aromatic amines is 1. The number of hydrogen-bond donors (Lipinski definition) is 2. The molecule has 0 atom stereocenters. The molecule has 29 heavy (non-hydrogen) atoms. The van der Waals surface area contributed by atoms with Crippen LogP contribution in [-0.2, 0) is 0 Å². The van der Waals surface area contributed by atoms with Crippen LogP contribution in [0, 0.1) is 6.92 Å². The van der Waals surface area contributed by atoms with Gasteiger partial charge in [-0.05, 0) is 50.1 Å². The number of H-pyrrole nitrogens is 1. The smallest absolute Gasteiger partial charge is 0.267 e. The van der Waals surface area contributed by atoms with Gasteiger partial charge in [-0.15, -0.1) is 0 Å². The van der Waals surface area contributed by atoms with E-state index in [4.69, 9.17) is 0 Å². The van der Waals surface area contributed by atoms with Gasteiger partial charge in [0.1, 0.15) is 5.69 Å². The summed E-state index contributed by atoms with van der Waals surface area (Å²) >= 11 is 0. The number of nitrogens with zero attached hydrogens (tertiary/aromatic N) is 1. The number of aryl methyl sites for hydroxylation is 1. The van der Waals surface area contributed by atoms with E-state index in [0.29, 0.717) is 18.3 Å². The third-order valence-corrected chi connectivity index (χ3v) is 6.22. The van der Waals surface area contributed by atoms with E-state index in [1.165, 1.54) is 43.2 Å². The number of amides is 1. The summed E-state index contributed by atoms with van der Waals surface area (Å²) in [6, 6.07) is 17.3. The number of nitrogens with one attached hydrogen (secondary N) is 2. The van der Waals surface area contributed by atoms with Crippen molar-refractivity contribution in [3.63, 3.8) is 0 Å². The van der Waals surface area contributed by atoms with Crippen LogP contribution in [0.25, 0.3) is 22.0 Å². The number of hydrogen-bond acceptors (Lipinski definition) is 2. The summed E-state index contributed by atoms with van der Waals surface area (Å²) < 4.78 is 0. The van der Waals surface area contributed by atoms with Crippen LogP contribution in [0.5, 0.6) is 0 Å². The zero-order valence-electron chi connectivity index (χ0n) is 17.5. The number of fused-ring (bicyclic) bond motifs is 1. The lowest BCUT2D eigenvalue weighted by Crippen LogP contribution is -2.39. The summed E-state index contributed by atoms with van der Waals surface area (Å²) in [5.41, 5.74) is 5.18. The van der Waals surface area contributed by atoms with Gasteiger partial charge in [0.2, 0.25) is 0 Å². The highest BCUT2D eigenvalue weighted by molar-refractivity contribution is 6.02. The van der Waals surface area contributed by atoms with E-state index in [2.05, 4.69) is 59.5 Å². The van der Waals surface area contributed by atoms with Crippen molar-refractivity contribution in [2.45, 2.75) is 45.1 Å². The highest BCUT2D eigenvalue weighted by Crippen LogP contribution is 2.29. The molecule has 1 amide bonds. The first-order chi connectivity index (χ1) is 14.1. The largest absolute Gasteiger partial charge is 0.351 e. The summed E-state index contributed by atoms with van der Waals surface area (Å²) in [5, 5.41) is 4.17. The molecule has 1 heterocycles. The normalized spacial score (nSPS) is 15.1. The first-order valence-electron chi connectivity index (χ1n) is 10.8. The predicted molar refractivity (Wildman–Crippen MR) is 120 cm³/mol. The van der Waals surface area contributed by atoms with Crippen molar-refractivity contribution < 1.29 is 4.79 Å². The summed E-state index contributed by atoms with van der Waals surface area (Å²) in [6.07, 6.45) is 6.61. The second-order valence-electron chi connectivity index (χ2n) is 8.34. The third-order valence-electron chi connectivity index (χ3n) is 6.22. The van der Waals surface area contributed by atoms with Gasteiger partial charge >= 0.3 is 0 Å². The van der Waals surface area contributed by atoms with Crippen LogP contribution in [0.4, 0.5) is 0 Å². The van der Waals surface area contributed by atoms with Crippen LogP contribution in [0.3, 0.4) is 0 Å². The SMILES string of the molecule is Cc1ccc(-c2cccc3[nH]c(C(=O)NCCN(C)C4CCCCC4)cc23)cc1. The molecule has 2 N–H and O–H groups in total. The maximum Gasteiger partial charge on any atom is 0.267 e. The maximum atomic E-state index is 12.7. The van der Waals surface area contributed by atoms with E-state index in [0.717, 1.165) is 23.0 Å². The molecule has 0 unspecified atom stereocenters. The number of carbonyl (C=O) groups excluding carboxylic acids is 1. The van der Waals surface area contributed by atoms with Crippen molar-refractivity contribution in [3.8, 4) is 11.1 Å². The first-order valence-corrected chi connectivity index (χ1v) is 10.8. The number of likely N-dealkylation sites (N-methyl/N-ethyl adjacent to an activating group) is 1. The Morgan fingerprint density at radius 2 is 1.86 bits per heavy atom. The molecule has 4 heteroatoms. The van der Waals surface area contributed by atoms with Crippen LogP contribution in [0.15, 0.2) is 48.5 Å². The Morgan fingerprint density at radius 3 is 2.62 bits per heavy atom. The average Bonchev–Trinajstić information content (AvgIpc) is 3.19. The van der Waals surface area contributed by atoms with Crippen LogP contribution in [0.1, 0.15) is 48.2 Å². The molecule has 3 aromatic rings. The summed E-state index contributed by atoms with van der Waals surface area (Å²) in [7, 11) is 2.18. The van der Waals surface area contributed by atoms with Gasteiger partial charge in [-0.3, -0.25) is 4.79 Å². The Labute approximate surface area is 173 Å². The fraction of sp³-hybridized carbons (Fsp3) is 0.400. The van der Waals surface area contributed by atoms with Crippen molar-refractivity contribution in [1.29, 1.82) is 0 Å². The van der Waals surface area contributed by atoms with Crippen molar-refractivity contribution in [3.05, 3.63) is 59.8 Å². The first kappa shape index (κ1) is 19.7. The zero-order valence-corrected chi connectivity index (χ0v) is 17.5. The van der Waals surface area contributed by atoms with Gasteiger partial charge in [0.15, 0.2) is 0 Å². The van der Waals surface area contributed by atoms with Crippen molar-refractivity contribution >= 4 is 16.8 Å². The molecular formula is C25H31N3O. The minimum atomic E-state index is -0.0342. The van der Waals surface area contributed by atoms with Gasteiger partial charge in [0, 0.05) is 30.0 Å². The summed E-state index contributed by atoms with van der Waals surface area (Å²) in [5.74, 6) is -0.0342. The van der Waals surface area contributed by atoms with E-state index in [9.17, 15) is 4.79 Å². The van der Waals surface area contributed by atoms with Gasteiger partial charge in [0.05, 0.1) is 0 Å². The minimum absolute atomic E-state index is 0.0342. The van der Waals surface area contributed by atoms with E-state index < -0.39 is 0 Å². The topological polar surface area (TPSA) is 48.1 Å². The molecule has 1 saturated carbocycles. The fourth-order valence-corrected chi connectivity index (χ4v) is 4.41. The number of aromatic nitrogens is 1. The molecule has 0 bridgehead atoms. The average molecular weight is 390 g/mol. The zero-order chi connectivity index (χ0) is 20.2. The van der Waals surface area contributed by atoms with E-state index >= 15 is 0 Å². The second kappa shape index (κ2) is 8.83. The summed E-state index contributed by atoms with van der Waals surface area (Å²) in [4.78, 5) is 18.4. The molecule has 152 valence electrons. The molecule has 0 aliphatic heterocycles. The van der Waals surface area contributed by atoms with E-state index in [1.54, 1.807) is 0 Å². The molecule has 1 aliphatic carbocycles. The molecule has 0 saturated heterocycles. The lowest BCUT2D eigenvalue weighted by atomic mass is 9.94. The van der Waals surface area contributed by atoms with Crippen LogP contribution < -0.4 is 5.32 Å². The lowest BCUT2D eigenvalue weighted by Gasteiger charge is -2.31. The molecule has 1 fully saturated rings. The lowest BCUT2D eigenvalue weighted by molar-refractivity contribution is 0.0940. The Morgan fingerprint density at radius 1 is 1.10 bits per heavy atom. The highest BCUT2D eigenvalue weighted by Gasteiger charge is 2.18. The molecule has 4 rings (SSSR count). The Hall–Kier alpha value is -2.59. The van der Waals surface area contributed by atoms with Gasteiger partial charge in [-0.2, -0.15) is 0 Å². The van der Waals surface area contributed by atoms with Crippen LogP contribution in [0.2, 0.25) is 0 Å². The standard InChI is InChI=1S/C25H31N3O/c1-18-11-13-19(14-12-18)21-9-6-10-23-22(21)17-24(27-23)25(29)26-15-16-28(2)20-7-4-3-5-8-20/h6,9-14,17,20,27H,3-5,7-8,15-16H2,1-2H3,(H,26,29). The van der Waals surface area contributed by atoms with Gasteiger partial charge in [-0.25, -0.2) is 0 Å². The van der Waals surface area contributed by atoms with Crippen LogP contribution in [-0.4, -0.2) is 42.0 Å². The van der Waals surface area contributed by atoms with Crippen molar-refractivity contribution in [2.24, 2.45) is 0 Å². The molecule has 2 aromatic carbocycles. The number of benzene rings is 2. The van der Waals surface area contributed by atoms with Gasteiger partial charge in [0.25, 0.3) is 5.91 Å². The Bertz CT molecular complexity index is 967. The molecular weight excluding hydrogens is 358 g/mol. The monoisotopic (exact) mass is 389 g/mol. The minimum Gasteiger partial charge on any atom is -0.351 e. The number of carbonyl (C=O) groups is 1. The molecule has 1 aromatic heterocycles. The molecule has 1 aliphatic rings. The fourth-order valence-electron chi connectivity index (χ4n) is 4.41. The second-order valence-corrected chi connectivity index (χ2v) is 8.34. The van der Waals surface area contributed by atoms with Crippen LogP contribution >= 0.6 is 0 Å². The highest BCUT2D eigenvalue weighted by atomic mass is 16.1. The molecule has 4 nitrogen and oxygen atoms in total. The quantitative estimate of drug-likeness (QED) is 0.613. The number of rotatable bonds is 6. The Balaban J connectivity index is 1.43. The predicted octanol–water partition coefficient (Wildman–Crippen LogP) is 5.14. The maximum absolute atomic E-state index is 12.7. The van der Waals surface area contributed by atoms with E-state index in [1.807, 2.05) is 18.2 Å². The van der Waals surface area contributed by atoms with Crippen molar-refractivity contribution in [1.82, 2.24) is 15.2 Å².